The first-order valence-corrected chi connectivity index (χ1v) is 10.5. The van der Waals surface area contributed by atoms with E-state index in [1.165, 1.54) is 51.4 Å². The zero-order valence-electron chi connectivity index (χ0n) is 17.0. The van der Waals surface area contributed by atoms with Crippen molar-refractivity contribution >= 4 is 11.9 Å². The molecule has 1 aliphatic heterocycles. The van der Waals surface area contributed by atoms with Crippen LogP contribution in [0.2, 0.25) is 0 Å². The first kappa shape index (κ1) is 23.9. The molecule has 2 unspecified atom stereocenters. The normalized spacial score (nSPS) is 18.2. The third kappa shape index (κ3) is 12.0. The van der Waals surface area contributed by atoms with Gasteiger partial charge in [-0.3, -0.25) is 9.59 Å². The Labute approximate surface area is 155 Å². The smallest absolute Gasteiger partial charge is 0.317 e. The Kier molecular flexibility index (Phi) is 15.6. The van der Waals surface area contributed by atoms with E-state index in [2.05, 4.69) is 39.8 Å². The van der Waals surface area contributed by atoms with Crippen LogP contribution in [0.25, 0.3) is 0 Å². The van der Waals surface area contributed by atoms with Gasteiger partial charge in [0.15, 0.2) is 0 Å². The van der Waals surface area contributed by atoms with E-state index in [1.807, 2.05) is 0 Å². The Bertz CT molecular complexity index is 371. The summed E-state index contributed by atoms with van der Waals surface area (Å²) in [5.74, 6) is -0.762. The Hall–Kier alpha value is -1.12. The second-order valence-electron chi connectivity index (χ2n) is 7.04. The predicted molar refractivity (Wildman–Crippen MR) is 105 cm³/mol. The van der Waals surface area contributed by atoms with Gasteiger partial charge in [0.2, 0.25) is 0 Å². The summed E-state index contributed by atoms with van der Waals surface area (Å²) in [5.41, 5.74) is 0. The molecule has 1 rings (SSSR count). The molecular weight excluding hydrogens is 312 g/mol. The van der Waals surface area contributed by atoms with Gasteiger partial charge in [-0.2, -0.15) is 0 Å². The molecule has 146 valence electrons. The average molecular weight is 353 g/mol. The number of cyclic esters (lactones) is 2. The summed E-state index contributed by atoms with van der Waals surface area (Å²) in [6, 6.07) is 0. The minimum Gasteiger partial charge on any atom is -0.393 e. The number of ether oxygens (including phenoxy) is 1. The average Bonchev–Trinajstić information content (AvgIpc) is 2.95. The Morgan fingerprint density at radius 2 is 1.56 bits per heavy atom. The van der Waals surface area contributed by atoms with Gasteiger partial charge in [-0.15, -0.1) is 0 Å². The fourth-order valence-corrected chi connectivity index (χ4v) is 2.84. The molecule has 1 fully saturated rings. The molecule has 0 spiro atoms. The number of carbonyl (C=O) groups is 2. The highest BCUT2D eigenvalue weighted by molar-refractivity contribution is 5.94. The van der Waals surface area contributed by atoms with Crippen LogP contribution < -0.4 is 0 Å². The molecule has 25 heavy (non-hydrogen) atoms. The van der Waals surface area contributed by atoms with Gasteiger partial charge >= 0.3 is 11.9 Å². The molecule has 1 saturated heterocycles. The highest BCUT2D eigenvalue weighted by Gasteiger charge is 2.37. The van der Waals surface area contributed by atoms with Crippen LogP contribution in [0.15, 0.2) is 12.2 Å². The SMILES string of the molecule is CCCC.CCCCCC/C=C/C(CCCCC)C1CC(=O)OC1=O. The lowest BCUT2D eigenvalue weighted by molar-refractivity contribution is -0.153. The van der Waals surface area contributed by atoms with Gasteiger partial charge in [0, 0.05) is 0 Å². The van der Waals surface area contributed by atoms with Crippen molar-refractivity contribution in [3.05, 3.63) is 12.2 Å². The molecule has 2 atom stereocenters. The molecule has 0 aromatic rings. The van der Waals surface area contributed by atoms with Gasteiger partial charge in [-0.05, 0) is 25.2 Å². The largest absolute Gasteiger partial charge is 0.393 e. The van der Waals surface area contributed by atoms with Gasteiger partial charge in [-0.25, -0.2) is 0 Å². The fraction of sp³-hybridized carbons (Fsp3) is 0.818. The third-order valence-electron chi connectivity index (χ3n) is 4.67. The zero-order valence-corrected chi connectivity index (χ0v) is 17.0. The van der Waals surface area contributed by atoms with Crippen molar-refractivity contribution in [2.45, 2.75) is 105 Å². The molecule has 0 aliphatic carbocycles. The van der Waals surface area contributed by atoms with E-state index in [4.69, 9.17) is 4.74 Å². The topological polar surface area (TPSA) is 43.4 Å². The van der Waals surface area contributed by atoms with Gasteiger partial charge in [0.1, 0.15) is 0 Å². The maximum Gasteiger partial charge on any atom is 0.317 e. The summed E-state index contributed by atoms with van der Waals surface area (Å²) < 4.78 is 4.71. The lowest BCUT2D eigenvalue weighted by Gasteiger charge is -2.16. The first-order valence-electron chi connectivity index (χ1n) is 10.5. The Balaban J connectivity index is 0.00000129. The maximum atomic E-state index is 11.8. The molecule has 1 heterocycles. The monoisotopic (exact) mass is 352 g/mol. The number of allylic oxidation sites excluding steroid dienone is 2. The van der Waals surface area contributed by atoms with Crippen molar-refractivity contribution in [1.82, 2.24) is 0 Å². The van der Waals surface area contributed by atoms with E-state index in [0.717, 1.165) is 19.3 Å². The summed E-state index contributed by atoms with van der Waals surface area (Å²) >= 11 is 0. The van der Waals surface area contributed by atoms with Crippen LogP contribution >= 0.6 is 0 Å². The van der Waals surface area contributed by atoms with Crippen molar-refractivity contribution in [3.8, 4) is 0 Å². The molecule has 0 radical (unpaired) electrons. The molecule has 3 nitrogen and oxygen atoms in total. The Morgan fingerprint density at radius 3 is 2.08 bits per heavy atom. The number of esters is 2. The fourth-order valence-electron chi connectivity index (χ4n) is 2.84. The summed E-state index contributed by atoms with van der Waals surface area (Å²) in [4.78, 5) is 23.0. The third-order valence-corrected chi connectivity index (χ3v) is 4.67. The zero-order chi connectivity index (χ0) is 18.9. The van der Waals surface area contributed by atoms with Crippen LogP contribution in [-0.2, 0) is 14.3 Å². The van der Waals surface area contributed by atoms with Crippen LogP contribution in [0.3, 0.4) is 0 Å². The van der Waals surface area contributed by atoms with E-state index >= 15 is 0 Å². The van der Waals surface area contributed by atoms with Crippen molar-refractivity contribution < 1.29 is 14.3 Å². The number of unbranched alkanes of at least 4 members (excludes halogenated alkanes) is 7. The second-order valence-corrected chi connectivity index (χ2v) is 7.04. The number of hydrogen-bond acceptors (Lipinski definition) is 3. The van der Waals surface area contributed by atoms with E-state index in [9.17, 15) is 9.59 Å². The van der Waals surface area contributed by atoms with E-state index in [-0.39, 0.29) is 30.2 Å². The molecule has 3 heteroatoms. The standard InChI is InChI=1S/C18H30O3.C4H10/c1-3-5-7-8-9-11-13-15(12-10-6-4-2)16-14-17(19)21-18(16)20;1-3-4-2/h11,13,15-16H,3-10,12,14H2,1-2H3;3-4H2,1-2H3/b13-11+;. The molecule has 0 bridgehead atoms. The molecule has 0 amide bonds. The lowest BCUT2D eigenvalue weighted by Crippen LogP contribution is -2.18. The van der Waals surface area contributed by atoms with E-state index in [0.29, 0.717) is 0 Å². The van der Waals surface area contributed by atoms with Gasteiger partial charge in [0.05, 0.1) is 12.3 Å². The molecular formula is C22H40O3. The van der Waals surface area contributed by atoms with E-state index in [1.54, 1.807) is 0 Å². The van der Waals surface area contributed by atoms with Gasteiger partial charge in [0.25, 0.3) is 0 Å². The maximum absolute atomic E-state index is 11.8. The van der Waals surface area contributed by atoms with Gasteiger partial charge < -0.3 is 4.74 Å². The number of carbonyl (C=O) groups excluding carboxylic acids is 2. The van der Waals surface area contributed by atoms with Crippen LogP contribution in [-0.4, -0.2) is 11.9 Å². The molecule has 0 N–H and O–H groups in total. The minimum absolute atomic E-state index is 0.168. The van der Waals surface area contributed by atoms with Crippen LogP contribution in [0.5, 0.6) is 0 Å². The summed E-state index contributed by atoms with van der Waals surface area (Å²) in [6.07, 6.45) is 17.8. The van der Waals surface area contributed by atoms with Crippen molar-refractivity contribution in [3.63, 3.8) is 0 Å². The molecule has 0 aromatic carbocycles. The molecule has 1 aliphatic rings. The first-order chi connectivity index (χ1) is 12.1. The van der Waals surface area contributed by atoms with Crippen LogP contribution in [0.4, 0.5) is 0 Å². The Morgan fingerprint density at radius 1 is 0.920 bits per heavy atom. The van der Waals surface area contributed by atoms with Crippen LogP contribution in [0, 0.1) is 11.8 Å². The van der Waals surface area contributed by atoms with Crippen molar-refractivity contribution in [2.75, 3.05) is 0 Å². The summed E-state index contributed by atoms with van der Waals surface area (Å²) in [5, 5.41) is 0. The molecule has 0 aromatic heterocycles. The molecule has 0 saturated carbocycles. The van der Waals surface area contributed by atoms with Gasteiger partial charge in [-0.1, -0.05) is 91.2 Å². The van der Waals surface area contributed by atoms with Crippen molar-refractivity contribution in [1.29, 1.82) is 0 Å². The summed E-state index contributed by atoms with van der Waals surface area (Å²) in [7, 11) is 0. The number of hydrogen-bond donors (Lipinski definition) is 0. The second kappa shape index (κ2) is 16.4. The highest BCUT2D eigenvalue weighted by atomic mass is 16.6. The number of rotatable bonds is 12. The highest BCUT2D eigenvalue weighted by Crippen LogP contribution is 2.29. The minimum atomic E-state index is -0.359. The predicted octanol–water partition coefficient (Wildman–Crippen LogP) is 6.61. The summed E-state index contributed by atoms with van der Waals surface area (Å²) in [6.45, 7) is 8.74. The van der Waals surface area contributed by atoms with E-state index < -0.39 is 0 Å². The quantitative estimate of drug-likeness (QED) is 0.172. The van der Waals surface area contributed by atoms with Crippen LogP contribution in [0.1, 0.15) is 105 Å². The van der Waals surface area contributed by atoms with Crippen molar-refractivity contribution in [2.24, 2.45) is 11.8 Å². The lowest BCUT2D eigenvalue weighted by atomic mass is 9.86.